The van der Waals surface area contributed by atoms with Crippen LogP contribution < -0.4 is 5.73 Å². The van der Waals surface area contributed by atoms with Crippen molar-refractivity contribution in [1.29, 1.82) is 0 Å². The van der Waals surface area contributed by atoms with E-state index in [9.17, 15) is 5.11 Å². The monoisotopic (exact) mass is 254 g/mol. The van der Waals surface area contributed by atoms with Crippen molar-refractivity contribution < 1.29 is 5.11 Å². The van der Waals surface area contributed by atoms with Crippen LogP contribution in [0.15, 0.2) is 0 Å². The van der Waals surface area contributed by atoms with Crippen LogP contribution in [0, 0.1) is 10.8 Å². The van der Waals surface area contributed by atoms with Gasteiger partial charge in [0, 0.05) is 24.5 Å². The molecule has 0 radical (unpaired) electrons. The Balaban J connectivity index is 2.19. The van der Waals surface area contributed by atoms with Gasteiger partial charge in [-0.25, -0.2) is 0 Å². The summed E-state index contributed by atoms with van der Waals surface area (Å²) >= 11 is 0. The van der Waals surface area contributed by atoms with Crippen LogP contribution >= 0.6 is 0 Å². The van der Waals surface area contributed by atoms with Gasteiger partial charge in [0.1, 0.15) is 0 Å². The minimum Gasteiger partial charge on any atom is -0.388 e. The number of β-amino-alcohol motifs (C(OH)–C–C–N with tert-alkyl or cyclic N) is 1. The molecule has 1 saturated carbocycles. The van der Waals surface area contributed by atoms with Crippen LogP contribution in [-0.4, -0.2) is 41.8 Å². The molecule has 3 heteroatoms. The van der Waals surface area contributed by atoms with Crippen molar-refractivity contribution in [2.75, 3.05) is 20.1 Å². The van der Waals surface area contributed by atoms with Gasteiger partial charge in [0.05, 0.1) is 5.60 Å². The third-order valence-electron chi connectivity index (χ3n) is 5.84. The van der Waals surface area contributed by atoms with Crippen LogP contribution in [-0.2, 0) is 0 Å². The van der Waals surface area contributed by atoms with Crippen molar-refractivity contribution in [3.05, 3.63) is 0 Å². The highest BCUT2D eigenvalue weighted by Gasteiger charge is 2.55. The number of rotatable bonds is 2. The Kier molecular flexibility index (Phi) is 3.54. The predicted molar refractivity (Wildman–Crippen MR) is 75.4 cm³/mol. The van der Waals surface area contributed by atoms with Crippen LogP contribution in [0.2, 0.25) is 0 Å². The molecule has 0 aromatic heterocycles. The summed E-state index contributed by atoms with van der Waals surface area (Å²) in [7, 11) is 2.11. The highest BCUT2D eigenvalue weighted by Crippen LogP contribution is 2.53. The number of likely N-dealkylation sites (N-methyl/N-ethyl adjacent to an activating group) is 1. The summed E-state index contributed by atoms with van der Waals surface area (Å²) < 4.78 is 0. The molecule has 0 aromatic rings. The second-order valence-corrected chi connectivity index (χ2v) is 7.65. The molecule has 106 valence electrons. The predicted octanol–water partition coefficient (Wildman–Crippen LogP) is 1.99. The molecule has 2 aliphatic rings. The summed E-state index contributed by atoms with van der Waals surface area (Å²) in [5, 5.41) is 11.2. The van der Waals surface area contributed by atoms with E-state index >= 15 is 0 Å². The lowest BCUT2D eigenvalue weighted by Gasteiger charge is -2.51. The number of nitrogens with two attached hydrogens (primary N) is 1. The summed E-state index contributed by atoms with van der Waals surface area (Å²) in [6.45, 7) is 8.28. The Morgan fingerprint density at radius 2 is 1.78 bits per heavy atom. The zero-order chi connectivity index (χ0) is 13.6. The highest BCUT2D eigenvalue weighted by molar-refractivity contribution is 5.08. The Bertz CT molecular complexity index is 294. The van der Waals surface area contributed by atoms with Crippen LogP contribution in [0.3, 0.4) is 0 Å². The van der Waals surface area contributed by atoms with Gasteiger partial charge in [-0.3, -0.25) is 0 Å². The number of hydrogen-bond donors (Lipinski definition) is 2. The van der Waals surface area contributed by atoms with E-state index in [4.69, 9.17) is 5.73 Å². The molecule has 1 heterocycles. The van der Waals surface area contributed by atoms with E-state index < -0.39 is 5.60 Å². The normalized spacial score (nSPS) is 40.0. The van der Waals surface area contributed by atoms with Crippen molar-refractivity contribution in [2.45, 2.75) is 64.5 Å². The molecule has 1 aliphatic heterocycles. The van der Waals surface area contributed by atoms with E-state index in [0.717, 1.165) is 25.8 Å². The van der Waals surface area contributed by atoms with E-state index in [1.165, 1.54) is 12.8 Å². The van der Waals surface area contributed by atoms with E-state index in [1.807, 2.05) is 0 Å². The van der Waals surface area contributed by atoms with Gasteiger partial charge in [-0.15, -0.1) is 0 Å². The molecule has 0 amide bonds. The fraction of sp³-hybridized carbons (Fsp3) is 1.00. The maximum atomic E-state index is 11.2. The largest absolute Gasteiger partial charge is 0.388 e. The third kappa shape index (κ3) is 2.21. The fourth-order valence-corrected chi connectivity index (χ4v) is 3.93. The Labute approximate surface area is 112 Å². The fourth-order valence-electron chi connectivity index (χ4n) is 3.93. The lowest BCUT2D eigenvalue weighted by Crippen LogP contribution is -2.56. The molecular formula is C15H30N2O. The van der Waals surface area contributed by atoms with Gasteiger partial charge in [-0.1, -0.05) is 13.8 Å². The summed E-state index contributed by atoms with van der Waals surface area (Å²) in [5.41, 5.74) is 5.89. The first kappa shape index (κ1) is 14.3. The average molecular weight is 254 g/mol. The van der Waals surface area contributed by atoms with Crippen molar-refractivity contribution in [3.63, 3.8) is 0 Å². The van der Waals surface area contributed by atoms with Gasteiger partial charge in [0.25, 0.3) is 0 Å². The number of hydrogen-bond acceptors (Lipinski definition) is 3. The lowest BCUT2D eigenvalue weighted by molar-refractivity contribution is -0.103. The SMILES string of the molecule is CC1CC(O)(C2(CN)CCC(C)(C)CC2)CN1C. The van der Waals surface area contributed by atoms with Crippen molar-refractivity contribution in [1.82, 2.24) is 4.90 Å². The number of nitrogens with zero attached hydrogens (tertiary/aromatic N) is 1. The molecule has 2 unspecified atom stereocenters. The van der Waals surface area contributed by atoms with Crippen LogP contribution in [0.1, 0.15) is 52.9 Å². The molecule has 18 heavy (non-hydrogen) atoms. The maximum Gasteiger partial charge on any atom is 0.0856 e. The van der Waals surface area contributed by atoms with Gasteiger partial charge in [-0.05, 0) is 51.5 Å². The third-order valence-corrected chi connectivity index (χ3v) is 5.84. The second-order valence-electron chi connectivity index (χ2n) is 7.65. The summed E-state index contributed by atoms with van der Waals surface area (Å²) in [4.78, 5) is 2.27. The Morgan fingerprint density at radius 1 is 1.22 bits per heavy atom. The molecule has 2 rings (SSSR count). The Morgan fingerprint density at radius 3 is 2.17 bits per heavy atom. The molecule has 2 atom stereocenters. The summed E-state index contributed by atoms with van der Waals surface area (Å²) in [6.07, 6.45) is 5.40. The van der Waals surface area contributed by atoms with Crippen molar-refractivity contribution >= 4 is 0 Å². The second kappa shape index (κ2) is 4.46. The van der Waals surface area contributed by atoms with Gasteiger partial charge >= 0.3 is 0 Å². The van der Waals surface area contributed by atoms with Crippen LogP contribution in [0.5, 0.6) is 0 Å². The van der Waals surface area contributed by atoms with Crippen LogP contribution in [0.25, 0.3) is 0 Å². The molecule has 1 saturated heterocycles. The maximum absolute atomic E-state index is 11.2. The van der Waals surface area contributed by atoms with Gasteiger partial charge in [0.15, 0.2) is 0 Å². The number of aliphatic hydroxyl groups is 1. The lowest BCUT2D eigenvalue weighted by atomic mass is 9.57. The zero-order valence-corrected chi connectivity index (χ0v) is 12.5. The average Bonchev–Trinajstić information content (AvgIpc) is 2.55. The van der Waals surface area contributed by atoms with Gasteiger partial charge in [-0.2, -0.15) is 0 Å². The number of likely N-dealkylation sites (tertiary alicyclic amines) is 1. The van der Waals surface area contributed by atoms with E-state index in [0.29, 0.717) is 18.0 Å². The van der Waals surface area contributed by atoms with Crippen LogP contribution in [0.4, 0.5) is 0 Å². The smallest absolute Gasteiger partial charge is 0.0856 e. The van der Waals surface area contributed by atoms with E-state index in [1.54, 1.807) is 0 Å². The molecule has 0 spiro atoms. The van der Waals surface area contributed by atoms with E-state index in [2.05, 4.69) is 32.7 Å². The van der Waals surface area contributed by atoms with Gasteiger partial charge in [0.2, 0.25) is 0 Å². The van der Waals surface area contributed by atoms with E-state index in [-0.39, 0.29) is 5.41 Å². The first-order valence-electron chi connectivity index (χ1n) is 7.36. The molecule has 0 aromatic carbocycles. The molecule has 0 bridgehead atoms. The summed E-state index contributed by atoms with van der Waals surface area (Å²) in [5.74, 6) is 0. The minimum atomic E-state index is -0.577. The Hall–Kier alpha value is -0.120. The standard InChI is InChI=1S/C15H30N2O/c1-12-9-15(18,11-17(12)4)14(10-16)7-5-13(2,3)6-8-14/h12,18H,5-11,16H2,1-4H3. The molecule has 1 aliphatic carbocycles. The quantitative estimate of drug-likeness (QED) is 0.792. The first-order chi connectivity index (χ1) is 8.24. The molecule has 3 N–H and O–H groups in total. The van der Waals surface area contributed by atoms with Crippen molar-refractivity contribution in [3.8, 4) is 0 Å². The summed E-state index contributed by atoms with van der Waals surface area (Å²) in [6, 6.07) is 0.466. The highest BCUT2D eigenvalue weighted by atomic mass is 16.3. The minimum absolute atomic E-state index is 0.0540. The van der Waals surface area contributed by atoms with Crippen molar-refractivity contribution in [2.24, 2.45) is 16.6 Å². The zero-order valence-electron chi connectivity index (χ0n) is 12.5. The molecule has 2 fully saturated rings. The topological polar surface area (TPSA) is 49.5 Å². The molecular weight excluding hydrogens is 224 g/mol. The molecule has 3 nitrogen and oxygen atoms in total. The first-order valence-corrected chi connectivity index (χ1v) is 7.36. The van der Waals surface area contributed by atoms with Gasteiger partial charge < -0.3 is 15.7 Å².